The molecule has 2 N–H and O–H groups in total. The smallest absolute Gasteiger partial charge is 0.248 e. The molecule has 9 nitrogen and oxygen atoms in total. The van der Waals surface area contributed by atoms with Crippen LogP contribution in [0.1, 0.15) is 62.6 Å². The van der Waals surface area contributed by atoms with Gasteiger partial charge in [-0.15, -0.1) is 0 Å². The minimum atomic E-state index is -1.01. The maximum atomic E-state index is 14.4. The van der Waals surface area contributed by atoms with E-state index >= 15 is 0 Å². The van der Waals surface area contributed by atoms with Crippen LogP contribution >= 0.6 is 0 Å². The first kappa shape index (κ1) is 31.8. The molecule has 0 unspecified atom stereocenters. The highest BCUT2D eigenvalue weighted by molar-refractivity contribution is 6.02. The predicted octanol–water partition coefficient (Wildman–Crippen LogP) is 6.75. The SMILES string of the molecule is CCOc1ccc(N(C(=O)CCc2c[nH]c3ccccc23)[C@@H](C(=O)NC2CCCCC2)c2cc(OC)c(OC)c(OC)c2)cc1. The lowest BCUT2D eigenvalue weighted by Crippen LogP contribution is -2.47. The number of ether oxygens (including phenoxy) is 4. The second-order valence-electron chi connectivity index (χ2n) is 11.3. The molecule has 0 bridgehead atoms. The number of amides is 2. The van der Waals surface area contributed by atoms with Crippen molar-refractivity contribution in [3.05, 3.63) is 78.0 Å². The molecular weight excluding hydrogens is 570 g/mol. The number of nitrogens with zero attached hydrogens (tertiary/aromatic N) is 1. The molecule has 1 heterocycles. The summed E-state index contributed by atoms with van der Waals surface area (Å²) in [4.78, 5) is 33.8. The molecule has 5 rings (SSSR count). The van der Waals surface area contributed by atoms with E-state index in [9.17, 15) is 9.59 Å². The zero-order valence-corrected chi connectivity index (χ0v) is 26.6. The molecule has 0 spiro atoms. The monoisotopic (exact) mass is 613 g/mol. The van der Waals surface area contributed by atoms with E-state index in [2.05, 4.69) is 10.3 Å². The van der Waals surface area contributed by atoms with Crippen molar-refractivity contribution in [1.29, 1.82) is 0 Å². The van der Waals surface area contributed by atoms with Crippen LogP contribution in [0.25, 0.3) is 10.9 Å². The quantitative estimate of drug-likeness (QED) is 0.173. The van der Waals surface area contributed by atoms with E-state index in [0.29, 0.717) is 47.3 Å². The fraction of sp³-hybridized carbons (Fsp3) is 0.389. The zero-order chi connectivity index (χ0) is 31.8. The standard InChI is InChI=1S/C36H43N3O6/c1-5-45-28-18-16-27(17-19-28)39(33(40)20-15-24-23-37-30-14-10-9-13-29(24)30)34(36(41)38-26-11-7-6-8-12-26)25-21-31(42-2)35(44-4)32(22-25)43-3/h9-10,13-14,16-19,21-23,26,34,37H,5-8,11-12,15,20H2,1-4H3,(H,38,41)/t34-/m1/s1. The molecule has 1 fully saturated rings. The van der Waals surface area contributed by atoms with Crippen molar-refractivity contribution in [3.63, 3.8) is 0 Å². The average Bonchev–Trinajstić information content (AvgIpc) is 3.49. The van der Waals surface area contributed by atoms with Crippen LogP contribution in [0.3, 0.4) is 0 Å². The first-order chi connectivity index (χ1) is 22.0. The van der Waals surface area contributed by atoms with Crippen LogP contribution in [0.5, 0.6) is 23.0 Å². The number of hydrogen-bond acceptors (Lipinski definition) is 6. The highest BCUT2D eigenvalue weighted by Crippen LogP contribution is 2.42. The van der Waals surface area contributed by atoms with Gasteiger partial charge in [0.05, 0.1) is 27.9 Å². The van der Waals surface area contributed by atoms with Gasteiger partial charge in [-0.2, -0.15) is 0 Å². The molecule has 0 aliphatic heterocycles. The summed E-state index contributed by atoms with van der Waals surface area (Å²) in [5, 5.41) is 4.35. The van der Waals surface area contributed by atoms with Crippen LogP contribution in [0.2, 0.25) is 0 Å². The van der Waals surface area contributed by atoms with Crippen molar-refractivity contribution in [3.8, 4) is 23.0 Å². The zero-order valence-electron chi connectivity index (χ0n) is 26.6. The number of hydrogen-bond donors (Lipinski definition) is 2. The van der Waals surface area contributed by atoms with Crippen molar-refractivity contribution >= 4 is 28.4 Å². The van der Waals surface area contributed by atoms with E-state index in [1.165, 1.54) is 21.3 Å². The third kappa shape index (κ3) is 7.19. The lowest BCUT2D eigenvalue weighted by molar-refractivity contribution is -0.127. The van der Waals surface area contributed by atoms with Gasteiger partial charge >= 0.3 is 0 Å². The molecular formula is C36H43N3O6. The topological polar surface area (TPSA) is 102 Å². The first-order valence-electron chi connectivity index (χ1n) is 15.7. The van der Waals surface area contributed by atoms with Crippen LogP contribution in [-0.4, -0.2) is 50.8 Å². The molecule has 45 heavy (non-hydrogen) atoms. The Morgan fingerprint density at radius 1 is 0.933 bits per heavy atom. The van der Waals surface area contributed by atoms with Crippen LogP contribution in [0, 0.1) is 0 Å². The molecule has 1 aliphatic carbocycles. The van der Waals surface area contributed by atoms with Crippen LogP contribution in [0.4, 0.5) is 5.69 Å². The number of nitrogens with one attached hydrogen (secondary N) is 2. The van der Waals surface area contributed by atoms with E-state index in [1.807, 2.05) is 61.7 Å². The number of methoxy groups -OCH3 is 3. The van der Waals surface area contributed by atoms with Crippen LogP contribution < -0.4 is 29.2 Å². The Morgan fingerprint density at radius 2 is 1.62 bits per heavy atom. The summed E-state index contributed by atoms with van der Waals surface area (Å²) in [6.07, 6.45) is 7.74. The maximum absolute atomic E-state index is 14.4. The number of carbonyl (C=O) groups is 2. The van der Waals surface area contributed by atoms with Gasteiger partial charge in [-0.25, -0.2) is 0 Å². The Hall–Kier alpha value is -4.66. The average molecular weight is 614 g/mol. The van der Waals surface area contributed by atoms with Crippen molar-refractivity contribution in [2.24, 2.45) is 0 Å². The second kappa shape index (κ2) is 14.9. The van der Waals surface area contributed by atoms with Crippen molar-refractivity contribution in [2.45, 2.75) is 64.0 Å². The molecule has 9 heteroatoms. The van der Waals surface area contributed by atoms with Gasteiger partial charge in [-0.3, -0.25) is 14.5 Å². The van der Waals surface area contributed by atoms with E-state index in [0.717, 1.165) is 48.6 Å². The fourth-order valence-electron chi connectivity index (χ4n) is 6.21. The highest BCUT2D eigenvalue weighted by Gasteiger charge is 2.35. The summed E-state index contributed by atoms with van der Waals surface area (Å²) in [6.45, 7) is 2.44. The number of fused-ring (bicyclic) bond motifs is 1. The largest absolute Gasteiger partial charge is 0.494 e. The molecule has 0 saturated heterocycles. The molecule has 2 amide bonds. The number of para-hydroxylation sites is 1. The summed E-state index contributed by atoms with van der Waals surface area (Å²) < 4.78 is 22.6. The van der Waals surface area contributed by atoms with Gasteiger partial charge in [0, 0.05) is 35.2 Å². The summed E-state index contributed by atoms with van der Waals surface area (Å²) >= 11 is 0. The van der Waals surface area contributed by atoms with Gasteiger partial charge in [0.2, 0.25) is 17.6 Å². The Morgan fingerprint density at radius 3 is 2.27 bits per heavy atom. The van der Waals surface area contributed by atoms with Crippen LogP contribution in [-0.2, 0) is 16.0 Å². The first-order valence-corrected chi connectivity index (χ1v) is 15.7. The lowest BCUT2D eigenvalue weighted by Gasteiger charge is -2.34. The van der Waals surface area contributed by atoms with Crippen molar-refractivity contribution < 1.29 is 28.5 Å². The van der Waals surface area contributed by atoms with Crippen molar-refractivity contribution in [1.82, 2.24) is 10.3 Å². The normalized spacial score (nSPS) is 14.0. The molecule has 238 valence electrons. The molecule has 0 radical (unpaired) electrons. The Labute approximate surface area is 264 Å². The number of aryl methyl sites for hydroxylation is 1. The maximum Gasteiger partial charge on any atom is 0.248 e. The summed E-state index contributed by atoms with van der Waals surface area (Å²) in [6, 6.07) is 17.9. The Balaban J connectivity index is 1.58. The molecule has 4 aromatic rings. The number of anilines is 1. The Kier molecular flexibility index (Phi) is 10.5. The van der Waals surface area contributed by atoms with E-state index in [-0.39, 0.29) is 24.3 Å². The van der Waals surface area contributed by atoms with E-state index < -0.39 is 6.04 Å². The van der Waals surface area contributed by atoms with Gasteiger partial charge in [-0.1, -0.05) is 37.5 Å². The van der Waals surface area contributed by atoms with Crippen molar-refractivity contribution in [2.75, 3.05) is 32.8 Å². The third-order valence-electron chi connectivity index (χ3n) is 8.44. The minimum Gasteiger partial charge on any atom is -0.494 e. The van der Waals surface area contributed by atoms with Gasteiger partial charge in [0.1, 0.15) is 11.8 Å². The molecule has 1 atom stereocenters. The number of aromatic nitrogens is 1. The molecule has 1 saturated carbocycles. The van der Waals surface area contributed by atoms with Gasteiger partial charge in [-0.05, 0) is 79.8 Å². The molecule has 1 aliphatic rings. The number of rotatable bonds is 13. The summed E-state index contributed by atoms with van der Waals surface area (Å²) in [5.41, 5.74) is 3.19. The number of carbonyl (C=O) groups excluding carboxylic acids is 2. The third-order valence-corrected chi connectivity index (χ3v) is 8.44. The molecule has 3 aromatic carbocycles. The number of H-pyrrole nitrogens is 1. The number of aromatic amines is 1. The Bertz CT molecular complexity index is 1570. The van der Waals surface area contributed by atoms with Gasteiger partial charge in [0.15, 0.2) is 11.5 Å². The highest BCUT2D eigenvalue weighted by atomic mass is 16.5. The minimum absolute atomic E-state index is 0.0410. The molecule has 1 aromatic heterocycles. The van der Waals surface area contributed by atoms with Gasteiger partial charge < -0.3 is 29.2 Å². The predicted molar refractivity (Wildman–Crippen MR) is 176 cm³/mol. The second-order valence-corrected chi connectivity index (χ2v) is 11.3. The summed E-state index contributed by atoms with van der Waals surface area (Å²) in [7, 11) is 4.61. The fourth-order valence-corrected chi connectivity index (χ4v) is 6.21. The van der Waals surface area contributed by atoms with E-state index in [4.69, 9.17) is 18.9 Å². The summed E-state index contributed by atoms with van der Waals surface area (Å²) in [5.74, 6) is 1.45. The van der Waals surface area contributed by atoms with Crippen LogP contribution in [0.15, 0.2) is 66.9 Å². The number of benzene rings is 3. The lowest BCUT2D eigenvalue weighted by atomic mass is 9.94. The van der Waals surface area contributed by atoms with E-state index in [1.54, 1.807) is 17.0 Å². The van der Waals surface area contributed by atoms with Gasteiger partial charge in [0.25, 0.3) is 0 Å².